The standard InChI is InChI=1S/C19H23NO/c1-3-14-13-18(14)20-19(15-7-5-4-6-8-15)16-9-11-17(21-2)12-10-16/h4-12,14,18-20H,3,13H2,1-2H3. The molecule has 1 aliphatic carbocycles. The van der Waals surface area contributed by atoms with Gasteiger partial charge in [-0.05, 0) is 35.6 Å². The molecule has 1 N–H and O–H groups in total. The molecule has 2 nitrogen and oxygen atoms in total. The van der Waals surface area contributed by atoms with E-state index in [1.54, 1.807) is 7.11 Å². The SMILES string of the molecule is CCC1CC1NC(c1ccccc1)c1ccc(OC)cc1. The van der Waals surface area contributed by atoms with Crippen LogP contribution in [-0.2, 0) is 0 Å². The first-order chi connectivity index (χ1) is 10.3. The van der Waals surface area contributed by atoms with Crippen LogP contribution in [0, 0.1) is 5.92 Å². The third-order valence-electron chi connectivity index (χ3n) is 4.41. The van der Waals surface area contributed by atoms with Crippen molar-refractivity contribution in [1.82, 2.24) is 5.32 Å². The summed E-state index contributed by atoms with van der Waals surface area (Å²) in [4.78, 5) is 0. The lowest BCUT2D eigenvalue weighted by Gasteiger charge is -2.20. The second-order valence-electron chi connectivity index (χ2n) is 5.79. The highest BCUT2D eigenvalue weighted by molar-refractivity contribution is 5.35. The summed E-state index contributed by atoms with van der Waals surface area (Å²) in [7, 11) is 1.71. The van der Waals surface area contributed by atoms with Crippen molar-refractivity contribution in [2.24, 2.45) is 5.92 Å². The first-order valence-electron chi connectivity index (χ1n) is 7.76. The highest BCUT2D eigenvalue weighted by atomic mass is 16.5. The second-order valence-corrected chi connectivity index (χ2v) is 5.79. The van der Waals surface area contributed by atoms with Crippen LogP contribution < -0.4 is 10.1 Å². The number of hydrogen-bond acceptors (Lipinski definition) is 2. The number of hydrogen-bond donors (Lipinski definition) is 1. The van der Waals surface area contributed by atoms with E-state index in [4.69, 9.17) is 4.74 Å². The van der Waals surface area contributed by atoms with E-state index >= 15 is 0 Å². The van der Waals surface area contributed by atoms with E-state index in [-0.39, 0.29) is 6.04 Å². The van der Waals surface area contributed by atoms with Crippen molar-refractivity contribution in [1.29, 1.82) is 0 Å². The Hall–Kier alpha value is -1.80. The average molecular weight is 281 g/mol. The summed E-state index contributed by atoms with van der Waals surface area (Å²) in [6.07, 6.45) is 2.57. The van der Waals surface area contributed by atoms with Crippen LogP contribution in [0.1, 0.15) is 36.9 Å². The summed E-state index contributed by atoms with van der Waals surface area (Å²) in [6, 6.07) is 20.0. The van der Waals surface area contributed by atoms with Gasteiger partial charge in [0.2, 0.25) is 0 Å². The van der Waals surface area contributed by atoms with E-state index in [1.165, 1.54) is 24.0 Å². The third-order valence-corrected chi connectivity index (χ3v) is 4.41. The van der Waals surface area contributed by atoms with Crippen LogP contribution in [0.25, 0.3) is 0 Å². The van der Waals surface area contributed by atoms with Gasteiger partial charge in [0.25, 0.3) is 0 Å². The molecule has 1 saturated carbocycles. The first-order valence-corrected chi connectivity index (χ1v) is 7.76. The Labute approximate surface area is 127 Å². The maximum absolute atomic E-state index is 5.26. The molecule has 2 aromatic carbocycles. The van der Waals surface area contributed by atoms with E-state index < -0.39 is 0 Å². The molecule has 21 heavy (non-hydrogen) atoms. The normalized spacial score (nSPS) is 21.8. The van der Waals surface area contributed by atoms with Crippen molar-refractivity contribution >= 4 is 0 Å². The maximum atomic E-state index is 5.26. The van der Waals surface area contributed by atoms with Gasteiger partial charge < -0.3 is 10.1 Å². The molecule has 0 aliphatic heterocycles. The average Bonchev–Trinajstić information content (AvgIpc) is 3.32. The minimum absolute atomic E-state index is 0.263. The zero-order valence-electron chi connectivity index (χ0n) is 12.8. The number of ether oxygens (including phenoxy) is 1. The van der Waals surface area contributed by atoms with Crippen LogP contribution in [-0.4, -0.2) is 13.2 Å². The topological polar surface area (TPSA) is 21.3 Å². The van der Waals surface area contributed by atoms with Crippen molar-refractivity contribution in [3.8, 4) is 5.75 Å². The van der Waals surface area contributed by atoms with Gasteiger partial charge in [-0.25, -0.2) is 0 Å². The molecular weight excluding hydrogens is 258 g/mol. The first kappa shape index (κ1) is 14.2. The largest absolute Gasteiger partial charge is 0.497 e. The fourth-order valence-electron chi connectivity index (χ4n) is 2.94. The monoisotopic (exact) mass is 281 g/mol. The van der Waals surface area contributed by atoms with Gasteiger partial charge in [0.15, 0.2) is 0 Å². The third kappa shape index (κ3) is 3.27. The molecule has 0 bridgehead atoms. The molecule has 0 spiro atoms. The quantitative estimate of drug-likeness (QED) is 0.858. The van der Waals surface area contributed by atoms with Crippen molar-refractivity contribution in [2.45, 2.75) is 31.8 Å². The lowest BCUT2D eigenvalue weighted by atomic mass is 9.98. The molecule has 110 valence electrons. The van der Waals surface area contributed by atoms with Crippen LogP contribution in [0.15, 0.2) is 54.6 Å². The lowest BCUT2D eigenvalue weighted by Crippen LogP contribution is -2.25. The highest BCUT2D eigenvalue weighted by Gasteiger charge is 2.37. The summed E-state index contributed by atoms with van der Waals surface area (Å²) < 4.78 is 5.26. The van der Waals surface area contributed by atoms with Gasteiger partial charge in [-0.2, -0.15) is 0 Å². The van der Waals surface area contributed by atoms with Gasteiger partial charge in [0.1, 0.15) is 5.75 Å². The molecule has 3 unspecified atom stereocenters. The Morgan fingerprint density at radius 3 is 2.29 bits per heavy atom. The van der Waals surface area contributed by atoms with E-state index in [0.717, 1.165) is 11.7 Å². The molecule has 2 aromatic rings. The molecule has 3 atom stereocenters. The minimum Gasteiger partial charge on any atom is -0.497 e. The van der Waals surface area contributed by atoms with Crippen molar-refractivity contribution in [3.63, 3.8) is 0 Å². The fraction of sp³-hybridized carbons (Fsp3) is 0.368. The zero-order valence-corrected chi connectivity index (χ0v) is 12.8. The molecule has 0 saturated heterocycles. The Kier molecular flexibility index (Phi) is 4.26. The Bertz CT molecular complexity index is 564. The summed E-state index contributed by atoms with van der Waals surface area (Å²) in [5.74, 6) is 1.75. The smallest absolute Gasteiger partial charge is 0.118 e. The summed E-state index contributed by atoms with van der Waals surface area (Å²) in [5, 5.41) is 3.82. The lowest BCUT2D eigenvalue weighted by molar-refractivity contribution is 0.414. The maximum Gasteiger partial charge on any atom is 0.118 e. The number of methoxy groups -OCH3 is 1. The predicted octanol–water partition coefficient (Wildman–Crippen LogP) is 4.17. The molecule has 0 heterocycles. The number of rotatable bonds is 6. The van der Waals surface area contributed by atoms with Crippen LogP contribution in [0.4, 0.5) is 0 Å². The number of nitrogens with one attached hydrogen (secondary N) is 1. The van der Waals surface area contributed by atoms with Crippen LogP contribution in [0.3, 0.4) is 0 Å². The molecule has 1 fully saturated rings. The second kappa shape index (κ2) is 6.31. The summed E-state index contributed by atoms with van der Waals surface area (Å²) in [6.45, 7) is 2.28. The minimum atomic E-state index is 0.263. The van der Waals surface area contributed by atoms with Gasteiger partial charge >= 0.3 is 0 Å². The number of benzene rings is 2. The highest BCUT2D eigenvalue weighted by Crippen LogP contribution is 2.36. The van der Waals surface area contributed by atoms with Crippen LogP contribution >= 0.6 is 0 Å². The predicted molar refractivity (Wildman–Crippen MR) is 86.6 cm³/mol. The molecule has 2 heteroatoms. The Morgan fingerprint density at radius 2 is 1.71 bits per heavy atom. The molecule has 0 aromatic heterocycles. The fourth-order valence-corrected chi connectivity index (χ4v) is 2.94. The van der Waals surface area contributed by atoms with Crippen molar-refractivity contribution < 1.29 is 4.74 Å². The van der Waals surface area contributed by atoms with Gasteiger partial charge in [0.05, 0.1) is 13.2 Å². The molecule has 3 rings (SSSR count). The van der Waals surface area contributed by atoms with Crippen molar-refractivity contribution in [2.75, 3.05) is 7.11 Å². The molecule has 0 radical (unpaired) electrons. The molecular formula is C19H23NO. The summed E-state index contributed by atoms with van der Waals surface area (Å²) >= 11 is 0. The Morgan fingerprint density at radius 1 is 1.05 bits per heavy atom. The van der Waals surface area contributed by atoms with Crippen molar-refractivity contribution in [3.05, 3.63) is 65.7 Å². The Balaban J connectivity index is 1.84. The van der Waals surface area contributed by atoms with E-state index in [2.05, 4.69) is 54.7 Å². The van der Waals surface area contributed by atoms with E-state index in [0.29, 0.717) is 6.04 Å². The molecule has 0 amide bonds. The molecule has 1 aliphatic rings. The van der Waals surface area contributed by atoms with Crippen LogP contribution in [0.2, 0.25) is 0 Å². The van der Waals surface area contributed by atoms with E-state index in [1.807, 2.05) is 12.1 Å². The zero-order chi connectivity index (χ0) is 14.7. The van der Waals surface area contributed by atoms with Gasteiger partial charge in [-0.15, -0.1) is 0 Å². The van der Waals surface area contributed by atoms with Gasteiger partial charge in [0, 0.05) is 6.04 Å². The van der Waals surface area contributed by atoms with Gasteiger partial charge in [-0.1, -0.05) is 55.8 Å². The summed E-state index contributed by atoms with van der Waals surface area (Å²) in [5.41, 5.74) is 2.62. The van der Waals surface area contributed by atoms with Crippen LogP contribution in [0.5, 0.6) is 5.75 Å². The van der Waals surface area contributed by atoms with E-state index in [9.17, 15) is 0 Å². The van der Waals surface area contributed by atoms with Gasteiger partial charge in [-0.3, -0.25) is 0 Å².